The largest absolute Gasteiger partial charge is 0.350 e. The lowest BCUT2D eigenvalue weighted by Gasteiger charge is -2.21. The molecule has 0 aliphatic heterocycles. The lowest BCUT2D eigenvalue weighted by Crippen LogP contribution is -2.37. The van der Waals surface area contributed by atoms with E-state index in [1.807, 2.05) is 17.5 Å². The standard InChI is InChI=1S/C16H15N3O2S/c1-12(20)19(14-5-2-4-13(10-14)11-17)8-7-18-16(21)15-6-3-9-22-15/h2-6,9-10H,7-8H2,1H3,(H,18,21). The second-order valence-electron chi connectivity index (χ2n) is 4.57. The van der Waals surface area contributed by atoms with Crippen LogP contribution in [0.25, 0.3) is 0 Å². The first-order valence-electron chi connectivity index (χ1n) is 6.72. The Balaban J connectivity index is 1.99. The Morgan fingerprint density at radius 3 is 2.77 bits per heavy atom. The number of hydrogen-bond acceptors (Lipinski definition) is 4. The van der Waals surface area contributed by atoms with Crippen molar-refractivity contribution in [2.45, 2.75) is 6.92 Å². The highest BCUT2D eigenvalue weighted by Gasteiger charge is 2.13. The molecular formula is C16H15N3O2S. The minimum atomic E-state index is -0.149. The van der Waals surface area contributed by atoms with Crippen molar-refractivity contribution in [1.82, 2.24) is 5.32 Å². The van der Waals surface area contributed by atoms with Crippen molar-refractivity contribution < 1.29 is 9.59 Å². The number of thiophene rings is 1. The third kappa shape index (κ3) is 3.93. The van der Waals surface area contributed by atoms with Gasteiger partial charge in [0, 0.05) is 25.7 Å². The van der Waals surface area contributed by atoms with Gasteiger partial charge in [0.25, 0.3) is 5.91 Å². The van der Waals surface area contributed by atoms with E-state index >= 15 is 0 Å². The summed E-state index contributed by atoms with van der Waals surface area (Å²) >= 11 is 1.37. The summed E-state index contributed by atoms with van der Waals surface area (Å²) in [5, 5.41) is 13.5. The molecule has 5 nitrogen and oxygen atoms in total. The Labute approximate surface area is 132 Å². The highest BCUT2D eigenvalue weighted by atomic mass is 32.1. The van der Waals surface area contributed by atoms with Gasteiger partial charge >= 0.3 is 0 Å². The zero-order valence-electron chi connectivity index (χ0n) is 12.1. The van der Waals surface area contributed by atoms with Gasteiger partial charge in [-0.3, -0.25) is 9.59 Å². The van der Waals surface area contributed by atoms with Crippen molar-refractivity contribution in [2.24, 2.45) is 0 Å². The van der Waals surface area contributed by atoms with Crippen molar-refractivity contribution in [2.75, 3.05) is 18.0 Å². The number of anilines is 1. The Kier molecular flexibility index (Phi) is 5.28. The van der Waals surface area contributed by atoms with Crippen LogP contribution in [-0.4, -0.2) is 24.9 Å². The molecule has 0 unspecified atom stereocenters. The second kappa shape index (κ2) is 7.38. The Morgan fingerprint density at radius 1 is 1.32 bits per heavy atom. The summed E-state index contributed by atoms with van der Waals surface area (Å²) in [5.74, 6) is -0.287. The molecule has 2 amide bonds. The van der Waals surface area contributed by atoms with E-state index < -0.39 is 0 Å². The molecule has 0 bridgehead atoms. The van der Waals surface area contributed by atoms with E-state index in [0.29, 0.717) is 29.2 Å². The lowest BCUT2D eigenvalue weighted by atomic mass is 10.2. The molecule has 112 valence electrons. The number of nitrogens with zero attached hydrogens (tertiary/aromatic N) is 2. The number of hydrogen-bond donors (Lipinski definition) is 1. The molecule has 0 saturated carbocycles. The monoisotopic (exact) mass is 313 g/mol. The molecule has 0 spiro atoms. The van der Waals surface area contributed by atoms with Crippen molar-refractivity contribution in [3.05, 3.63) is 52.2 Å². The highest BCUT2D eigenvalue weighted by molar-refractivity contribution is 7.12. The Morgan fingerprint density at radius 2 is 2.14 bits per heavy atom. The summed E-state index contributed by atoms with van der Waals surface area (Å²) in [7, 11) is 0. The highest BCUT2D eigenvalue weighted by Crippen LogP contribution is 2.16. The molecule has 1 heterocycles. The van der Waals surface area contributed by atoms with Crippen LogP contribution in [-0.2, 0) is 4.79 Å². The minimum absolute atomic E-state index is 0.138. The fraction of sp³-hybridized carbons (Fsp3) is 0.188. The molecule has 22 heavy (non-hydrogen) atoms. The first kappa shape index (κ1) is 15.7. The first-order chi connectivity index (χ1) is 10.6. The van der Waals surface area contributed by atoms with Crippen molar-refractivity contribution >= 4 is 28.8 Å². The quantitative estimate of drug-likeness (QED) is 0.921. The van der Waals surface area contributed by atoms with Crippen LogP contribution in [0.15, 0.2) is 41.8 Å². The van der Waals surface area contributed by atoms with Gasteiger partial charge in [0.2, 0.25) is 5.91 Å². The van der Waals surface area contributed by atoms with Gasteiger partial charge in [-0.25, -0.2) is 0 Å². The maximum atomic E-state index is 11.8. The molecule has 0 radical (unpaired) electrons. The number of carbonyl (C=O) groups is 2. The molecule has 6 heteroatoms. The van der Waals surface area contributed by atoms with Gasteiger partial charge < -0.3 is 10.2 Å². The zero-order valence-corrected chi connectivity index (χ0v) is 12.9. The fourth-order valence-corrected chi connectivity index (χ4v) is 2.63. The van der Waals surface area contributed by atoms with Gasteiger partial charge in [-0.2, -0.15) is 5.26 Å². The molecule has 1 aromatic heterocycles. The van der Waals surface area contributed by atoms with Crippen LogP contribution < -0.4 is 10.2 Å². The van der Waals surface area contributed by atoms with Crippen LogP contribution in [0.1, 0.15) is 22.2 Å². The first-order valence-corrected chi connectivity index (χ1v) is 7.60. The zero-order chi connectivity index (χ0) is 15.9. The number of carbonyl (C=O) groups excluding carboxylic acids is 2. The average molecular weight is 313 g/mol. The van der Waals surface area contributed by atoms with Crippen LogP contribution in [0, 0.1) is 11.3 Å². The molecule has 0 aliphatic carbocycles. The predicted molar refractivity (Wildman–Crippen MR) is 85.8 cm³/mol. The Hall–Kier alpha value is -2.65. The van der Waals surface area contributed by atoms with Gasteiger partial charge in [0.05, 0.1) is 16.5 Å². The van der Waals surface area contributed by atoms with E-state index in [9.17, 15) is 9.59 Å². The predicted octanol–water partition coefficient (Wildman–Crippen LogP) is 2.40. The van der Waals surface area contributed by atoms with E-state index in [-0.39, 0.29) is 11.8 Å². The number of nitriles is 1. The third-order valence-corrected chi connectivity index (χ3v) is 3.90. The van der Waals surface area contributed by atoms with Gasteiger partial charge in [0.1, 0.15) is 0 Å². The molecule has 2 aromatic rings. The van der Waals surface area contributed by atoms with Crippen molar-refractivity contribution in [3.8, 4) is 6.07 Å². The van der Waals surface area contributed by atoms with Gasteiger partial charge in [-0.05, 0) is 29.6 Å². The van der Waals surface area contributed by atoms with Crippen LogP contribution in [0.4, 0.5) is 5.69 Å². The van der Waals surface area contributed by atoms with Crippen molar-refractivity contribution in [3.63, 3.8) is 0 Å². The minimum Gasteiger partial charge on any atom is -0.350 e. The lowest BCUT2D eigenvalue weighted by molar-refractivity contribution is -0.116. The van der Waals surface area contributed by atoms with Gasteiger partial charge in [0.15, 0.2) is 0 Å². The van der Waals surface area contributed by atoms with E-state index in [1.54, 1.807) is 30.3 Å². The number of rotatable bonds is 5. The summed E-state index contributed by atoms with van der Waals surface area (Å²) in [5.41, 5.74) is 1.14. The van der Waals surface area contributed by atoms with Crippen LogP contribution in [0.5, 0.6) is 0 Å². The summed E-state index contributed by atoms with van der Waals surface area (Å²) < 4.78 is 0. The maximum Gasteiger partial charge on any atom is 0.261 e. The van der Waals surface area contributed by atoms with E-state index in [0.717, 1.165) is 0 Å². The van der Waals surface area contributed by atoms with Crippen LogP contribution in [0.3, 0.4) is 0 Å². The van der Waals surface area contributed by atoms with Gasteiger partial charge in [-0.1, -0.05) is 12.1 Å². The summed E-state index contributed by atoms with van der Waals surface area (Å²) in [6.45, 7) is 2.15. The average Bonchev–Trinajstić information content (AvgIpc) is 3.05. The molecule has 0 fully saturated rings. The number of benzene rings is 1. The molecule has 0 aliphatic rings. The number of nitrogens with one attached hydrogen (secondary N) is 1. The van der Waals surface area contributed by atoms with Crippen LogP contribution in [0.2, 0.25) is 0 Å². The molecule has 1 aromatic carbocycles. The third-order valence-electron chi connectivity index (χ3n) is 3.03. The van der Waals surface area contributed by atoms with Crippen LogP contribution >= 0.6 is 11.3 Å². The van der Waals surface area contributed by atoms with E-state index in [1.165, 1.54) is 23.2 Å². The topological polar surface area (TPSA) is 73.2 Å². The Bertz CT molecular complexity index is 704. The normalized spacial score (nSPS) is 9.82. The summed E-state index contributed by atoms with van der Waals surface area (Å²) in [4.78, 5) is 25.8. The smallest absolute Gasteiger partial charge is 0.261 e. The van der Waals surface area contributed by atoms with E-state index in [4.69, 9.17) is 5.26 Å². The SMILES string of the molecule is CC(=O)N(CCNC(=O)c1cccs1)c1cccc(C#N)c1. The molecule has 0 saturated heterocycles. The molecule has 2 rings (SSSR count). The fourth-order valence-electron chi connectivity index (χ4n) is 1.99. The second-order valence-corrected chi connectivity index (χ2v) is 5.51. The molecular weight excluding hydrogens is 298 g/mol. The summed E-state index contributed by atoms with van der Waals surface area (Å²) in [6, 6.07) is 12.4. The molecule has 1 N–H and O–H groups in total. The number of amides is 2. The molecule has 0 atom stereocenters. The van der Waals surface area contributed by atoms with E-state index in [2.05, 4.69) is 5.32 Å². The summed E-state index contributed by atoms with van der Waals surface area (Å²) in [6.07, 6.45) is 0. The van der Waals surface area contributed by atoms with Gasteiger partial charge in [-0.15, -0.1) is 11.3 Å². The maximum absolute atomic E-state index is 11.8. The van der Waals surface area contributed by atoms with Crippen molar-refractivity contribution in [1.29, 1.82) is 5.26 Å².